The van der Waals surface area contributed by atoms with Gasteiger partial charge in [0.15, 0.2) is 0 Å². The Labute approximate surface area is 378 Å². The van der Waals surface area contributed by atoms with Crippen LogP contribution in [0.2, 0.25) is 0 Å². The second-order valence-electron chi connectivity index (χ2n) is 18.5. The lowest BCUT2D eigenvalue weighted by atomic mass is 10.0. The number of nitrogens with zero attached hydrogens (tertiary/aromatic N) is 1. The molecule has 0 radical (unpaired) electrons. The maximum Gasteiger partial charge on any atom is 0.268 e. The molecule has 3 atom stereocenters. The molecule has 0 rings (SSSR count). The zero-order chi connectivity index (χ0) is 45.0. The molecule has 0 saturated heterocycles. The molecule has 2 N–H and O–H groups in total. The highest BCUT2D eigenvalue weighted by atomic mass is 31.2. The monoisotopic (exact) mass is 879 g/mol. The number of aliphatic hydroxyl groups is 1. The van der Waals surface area contributed by atoms with Gasteiger partial charge in [0.05, 0.1) is 39.9 Å². The number of aliphatic hydroxyl groups excluding tert-OH is 1. The number of allylic oxidation sites excluding steroid dienone is 7. The lowest BCUT2D eigenvalue weighted by molar-refractivity contribution is -0.870. The summed E-state index contributed by atoms with van der Waals surface area (Å²) in [7, 11) is 1.26. The van der Waals surface area contributed by atoms with Gasteiger partial charge in [-0.2, -0.15) is 0 Å². The van der Waals surface area contributed by atoms with Gasteiger partial charge in [0.1, 0.15) is 13.2 Å². The molecule has 9 heteroatoms. The highest BCUT2D eigenvalue weighted by Crippen LogP contribution is 2.38. The number of quaternary nitrogens is 1. The lowest BCUT2D eigenvalue weighted by Gasteiger charge is -2.29. The SMILES string of the molecule is CCCCCCC/C=C\C/C=C\C/C=C\CCCCCCCCCCCCCCCCCCC(=O)NC(COP(=O)([O-])OCC[N+](C)(C)C)C(O)/C=C/CCCCCCCC. The summed E-state index contributed by atoms with van der Waals surface area (Å²) >= 11 is 0. The minimum absolute atomic E-state index is 0.00159. The smallest absolute Gasteiger partial charge is 0.268 e. The van der Waals surface area contributed by atoms with Crippen LogP contribution >= 0.6 is 7.82 Å². The molecule has 1 amide bonds. The van der Waals surface area contributed by atoms with Crippen molar-refractivity contribution in [3.05, 3.63) is 48.6 Å². The largest absolute Gasteiger partial charge is 0.756 e. The van der Waals surface area contributed by atoms with E-state index in [4.69, 9.17) is 9.05 Å². The zero-order valence-corrected chi connectivity index (χ0v) is 41.5. The highest BCUT2D eigenvalue weighted by Gasteiger charge is 2.23. The third-order valence-electron chi connectivity index (χ3n) is 11.3. The number of phosphoric acid groups is 1. The molecular formula is C52H99N2O6P. The molecule has 0 heterocycles. The second kappa shape index (κ2) is 43.7. The number of rotatable bonds is 46. The van der Waals surface area contributed by atoms with E-state index in [-0.39, 0.29) is 19.1 Å². The van der Waals surface area contributed by atoms with Crippen molar-refractivity contribution in [2.75, 3.05) is 40.9 Å². The predicted molar refractivity (Wildman–Crippen MR) is 261 cm³/mol. The van der Waals surface area contributed by atoms with E-state index in [0.29, 0.717) is 17.4 Å². The number of likely N-dealkylation sites (N-methyl/N-ethyl adjacent to an activating group) is 1. The highest BCUT2D eigenvalue weighted by molar-refractivity contribution is 7.45. The number of nitrogens with one attached hydrogen (secondary N) is 1. The molecule has 0 aliphatic rings. The van der Waals surface area contributed by atoms with Crippen LogP contribution in [-0.4, -0.2) is 68.5 Å². The van der Waals surface area contributed by atoms with Gasteiger partial charge in [0.25, 0.3) is 7.82 Å². The Morgan fingerprint density at radius 1 is 0.574 bits per heavy atom. The summed E-state index contributed by atoms with van der Waals surface area (Å²) in [6.45, 7) is 4.59. The topological polar surface area (TPSA) is 108 Å². The number of carbonyl (C=O) groups is 1. The van der Waals surface area contributed by atoms with Crippen LogP contribution in [0.5, 0.6) is 0 Å². The van der Waals surface area contributed by atoms with Crippen molar-refractivity contribution < 1.29 is 32.9 Å². The first kappa shape index (κ1) is 59.5. The summed E-state index contributed by atoms with van der Waals surface area (Å²) in [5, 5.41) is 13.7. The quantitative estimate of drug-likeness (QED) is 0.0273. The summed E-state index contributed by atoms with van der Waals surface area (Å²) in [6.07, 6.45) is 56.3. The van der Waals surface area contributed by atoms with Crippen LogP contribution < -0.4 is 10.2 Å². The number of amides is 1. The van der Waals surface area contributed by atoms with Crippen molar-refractivity contribution in [1.82, 2.24) is 5.32 Å². The van der Waals surface area contributed by atoms with E-state index in [2.05, 4.69) is 55.6 Å². The molecule has 0 aromatic rings. The summed E-state index contributed by atoms with van der Waals surface area (Å²) in [4.78, 5) is 25.3. The lowest BCUT2D eigenvalue weighted by Crippen LogP contribution is -2.45. The number of hydrogen-bond donors (Lipinski definition) is 2. The van der Waals surface area contributed by atoms with E-state index < -0.39 is 20.0 Å². The first-order valence-corrected chi connectivity index (χ1v) is 27.0. The zero-order valence-electron chi connectivity index (χ0n) is 40.6. The minimum atomic E-state index is -4.58. The Morgan fingerprint density at radius 3 is 1.38 bits per heavy atom. The van der Waals surface area contributed by atoms with Crippen molar-refractivity contribution >= 4 is 13.7 Å². The fourth-order valence-electron chi connectivity index (χ4n) is 7.22. The Hall–Kier alpha value is -1.54. The molecule has 358 valence electrons. The van der Waals surface area contributed by atoms with Gasteiger partial charge in [0.2, 0.25) is 5.91 Å². The number of unbranched alkanes of at least 4 members (excludes halogenated alkanes) is 27. The summed E-state index contributed by atoms with van der Waals surface area (Å²) in [5.74, 6) is -0.201. The van der Waals surface area contributed by atoms with Crippen molar-refractivity contribution in [3.63, 3.8) is 0 Å². The Morgan fingerprint density at radius 2 is 0.951 bits per heavy atom. The van der Waals surface area contributed by atoms with E-state index >= 15 is 0 Å². The average molecular weight is 879 g/mol. The van der Waals surface area contributed by atoms with Crippen LogP contribution in [-0.2, 0) is 18.4 Å². The van der Waals surface area contributed by atoms with Crippen LogP contribution in [0.1, 0.15) is 226 Å². The third-order valence-corrected chi connectivity index (χ3v) is 12.2. The Balaban J connectivity index is 3.98. The Kier molecular flexibility index (Phi) is 42.6. The summed E-state index contributed by atoms with van der Waals surface area (Å²) in [5.41, 5.74) is 0. The first-order valence-electron chi connectivity index (χ1n) is 25.5. The van der Waals surface area contributed by atoms with Crippen LogP contribution in [0, 0.1) is 0 Å². The van der Waals surface area contributed by atoms with E-state index in [9.17, 15) is 19.4 Å². The van der Waals surface area contributed by atoms with Gasteiger partial charge < -0.3 is 28.8 Å². The van der Waals surface area contributed by atoms with E-state index in [0.717, 1.165) is 51.4 Å². The Bertz CT molecular complexity index is 1130. The fourth-order valence-corrected chi connectivity index (χ4v) is 7.94. The number of hydrogen-bond acceptors (Lipinski definition) is 6. The van der Waals surface area contributed by atoms with Gasteiger partial charge in [-0.3, -0.25) is 9.36 Å². The fraction of sp³-hybridized carbons (Fsp3) is 0.827. The van der Waals surface area contributed by atoms with Crippen LogP contribution in [0.3, 0.4) is 0 Å². The summed E-state index contributed by atoms with van der Waals surface area (Å²) < 4.78 is 23.1. The molecule has 0 fully saturated rings. The number of carbonyl (C=O) groups excluding carboxylic acids is 1. The molecule has 0 aromatic carbocycles. The standard InChI is InChI=1S/C52H99N2O6P/c1-6-8-10-12-14-16-17-18-19-20-21-22-23-24-25-26-27-28-29-30-31-32-33-34-35-36-37-38-40-42-44-46-52(56)53-50(49-60-61(57,58)59-48-47-54(3,4)5)51(55)45-43-41-39-15-13-11-9-7-2/h17-18,20-21,23-24,43,45,50-51,55H,6-16,19,22,25-42,44,46-49H2,1-5H3,(H-,53,56,57,58)/b18-17-,21-20-,24-23-,45-43+. The van der Waals surface area contributed by atoms with Gasteiger partial charge >= 0.3 is 0 Å². The maximum absolute atomic E-state index is 12.8. The second-order valence-corrected chi connectivity index (χ2v) is 19.9. The normalized spacial score (nSPS) is 14.5. The van der Waals surface area contributed by atoms with Crippen LogP contribution in [0.4, 0.5) is 0 Å². The van der Waals surface area contributed by atoms with Gasteiger partial charge in [0, 0.05) is 6.42 Å². The molecule has 0 aliphatic carbocycles. The molecule has 0 saturated carbocycles. The van der Waals surface area contributed by atoms with Gasteiger partial charge in [-0.15, -0.1) is 0 Å². The number of phosphoric ester groups is 1. The molecule has 0 aliphatic heterocycles. The van der Waals surface area contributed by atoms with Crippen molar-refractivity contribution in [2.24, 2.45) is 0 Å². The molecule has 8 nitrogen and oxygen atoms in total. The molecule has 3 unspecified atom stereocenters. The maximum atomic E-state index is 12.8. The minimum Gasteiger partial charge on any atom is -0.756 e. The molecule has 0 bridgehead atoms. The van der Waals surface area contributed by atoms with E-state index in [1.807, 2.05) is 27.2 Å². The average Bonchev–Trinajstić information content (AvgIpc) is 3.21. The van der Waals surface area contributed by atoms with Crippen LogP contribution in [0.25, 0.3) is 0 Å². The predicted octanol–water partition coefficient (Wildman–Crippen LogP) is 14.2. The van der Waals surface area contributed by atoms with Crippen molar-refractivity contribution in [1.29, 1.82) is 0 Å². The molecule has 0 aromatic heterocycles. The molecule has 61 heavy (non-hydrogen) atoms. The van der Waals surface area contributed by atoms with E-state index in [1.165, 1.54) is 154 Å². The van der Waals surface area contributed by atoms with Crippen LogP contribution in [0.15, 0.2) is 48.6 Å². The van der Waals surface area contributed by atoms with Gasteiger partial charge in [-0.05, 0) is 57.8 Å². The van der Waals surface area contributed by atoms with Gasteiger partial charge in [-0.1, -0.05) is 210 Å². The van der Waals surface area contributed by atoms with E-state index in [1.54, 1.807) is 6.08 Å². The summed E-state index contributed by atoms with van der Waals surface area (Å²) in [6, 6.07) is -0.883. The molecular weight excluding hydrogens is 780 g/mol. The first-order chi connectivity index (χ1) is 29.5. The van der Waals surface area contributed by atoms with Crippen molar-refractivity contribution in [2.45, 2.75) is 238 Å². The third kappa shape index (κ3) is 46.3. The molecule has 0 spiro atoms. The van der Waals surface area contributed by atoms with Gasteiger partial charge in [-0.25, -0.2) is 0 Å². The van der Waals surface area contributed by atoms with Crippen molar-refractivity contribution in [3.8, 4) is 0 Å².